The Labute approximate surface area is 94.1 Å². The van der Waals surface area contributed by atoms with E-state index >= 15 is 0 Å². The lowest BCUT2D eigenvalue weighted by molar-refractivity contribution is 0.462. The van der Waals surface area contributed by atoms with E-state index in [1.165, 1.54) is 0 Å². The highest BCUT2D eigenvalue weighted by Crippen LogP contribution is 2.26. The summed E-state index contributed by atoms with van der Waals surface area (Å²) in [5.74, 6) is 1.79. The minimum atomic E-state index is 0.503. The van der Waals surface area contributed by atoms with E-state index in [0.717, 1.165) is 5.56 Å². The molecule has 0 bridgehead atoms. The zero-order valence-corrected chi connectivity index (χ0v) is 9.27. The number of ether oxygens (including phenoxy) is 1. The Kier molecular flexibility index (Phi) is 2.72. The summed E-state index contributed by atoms with van der Waals surface area (Å²) >= 11 is 0. The molecular weight excluding hydrogens is 202 g/mol. The first-order chi connectivity index (χ1) is 7.65. The van der Waals surface area contributed by atoms with Crippen LogP contribution in [-0.4, -0.2) is 9.97 Å². The summed E-state index contributed by atoms with van der Waals surface area (Å²) in [6.07, 6.45) is 1.65. The number of benzene rings is 1. The number of aromatic nitrogens is 2. The summed E-state index contributed by atoms with van der Waals surface area (Å²) < 4.78 is 5.57. The number of nitrogen functional groups attached to an aromatic ring is 1. The molecule has 0 radical (unpaired) electrons. The molecule has 1 aromatic heterocycles. The molecule has 0 saturated heterocycles. The van der Waals surface area contributed by atoms with E-state index in [2.05, 4.69) is 9.97 Å². The summed E-state index contributed by atoms with van der Waals surface area (Å²) in [6.45, 7) is 3.79. The van der Waals surface area contributed by atoms with Crippen molar-refractivity contribution in [2.45, 2.75) is 13.8 Å². The monoisotopic (exact) mass is 215 g/mol. The van der Waals surface area contributed by atoms with Crippen molar-refractivity contribution >= 4 is 5.69 Å². The van der Waals surface area contributed by atoms with Crippen molar-refractivity contribution in [2.75, 3.05) is 5.73 Å². The number of aryl methyl sites for hydroxylation is 2. The third-order valence-corrected chi connectivity index (χ3v) is 2.13. The minimum absolute atomic E-state index is 0.503. The van der Waals surface area contributed by atoms with E-state index in [9.17, 15) is 0 Å². The van der Waals surface area contributed by atoms with Gasteiger partial charge in [-0.15, -0.1) is 0 Å². The van der Waals surface area contributed by atoms with Crippen LogP contribution in [0.1, 0.15) is 11.4 Å². The third-order valence-electron chi connectivity index (χ3n) is 2.13. The Morgan fingerprint density at radius 2 is 2.00 bits per heavy atom. The van der Waals surface area contributed by atoms with Crippen LogP contribution in [0, 0.1) is 13.8 Å². The summed E-state index contributed by atoms with van der Waals surface area (Å²) in [7, 11) is 0. The molecule has 4 heteroatoms. The van der Waals surface area contributed by atoms with Gasteiger partial charge in [0.25, 0.3) is 0 Å². The molecule has 0 amide bonds. The van der Waals surface area contributed by atoms with Crippen molar-refractivity contribution in [1.82, 2.24) is 9.97 Å². The highest BCUT2D eigenvalue weighted by molar-refractivity contribution is 5.55. The molecule has 16 heavy (non-hydrogen) atoms. The average molecular weight is 215 g/mol. The second-order valence-corrected chi connectivity index (χ2v) is 3.59. The molecule has 2 N–H and O–H groups in total. The molecule has 2 aromatic rings. The Morgan fingerprint density at radius 3 is 2.69 bits per heavy atom. The van der Waals surface area contributed by atoms with E-state index in [1.54, 1.807) is 12.3 Å². The number of hydrogen-bond donors (Lipinski definition) is 1. The standard InChI is InChI=1S/C12H13N3O/c1-8-3-4-11(10(13)7-8)16-12-5-6-14-9(2)15-12/h3-7H,13H2,1-2H3. The van der Waals surface area contributed by atoms with Crippen LogP contribution in [0.2, 0.25) is 0 Å². The van der Waals surface area contributed by atoms with Gasteiger partial charge in [-0.05, 0) is 31.5 Å². The van der Waals surface area contributed by atoms with E-state index in [0.29, 0.717) is 23.1 Å². The normalized spacial score (nSPS) is 10.1. The van der Waals surface area contributed by atoms with Crippen molar-refractivity contribution in [3.05, 3.63) is 41.9 Å². The quantitative estimate of drug-likeness (QED) is 0.782. The van der Waals surface area contributed by atoms with Gasteiger partial charge in [-0.3, -0.25) is 0 Å². The number of nitrogens with two attached hydrogens (primary N) is 1. The molecule has 2 rings (SSSR count). The molecular formula is C12H13N3O. The first-order valence-corrected chi connectivity index (χ1v) is 4.99. The van der Waals surface area contributed by atoms with Gasteiger partial charge in [-0.2, -0.15) is 4.98 Å². The number of rotatable bonds is 2. The van der Waals surface area contributed by atoms with Crippen molar-refractivity contribution in [2.24, 2.45) is 0 Å². The predicted molar refractivity (Wildman–Crippen MR) is 62.4 cm³/mol. The summed E-state index contributed by atoms with van der Waals surface area (Å²) in [4.78, 5) is 8.14. The SMILES string of the molecule is Cc1ccc(Oc2ccnc(C)n2)c(N)c1. The molecule has 0 aliphatic rings. The van der Waals surface area contributed by atoms with E-state index in [4.69, 9.17) is 10.5 Å². The van der Waals surface area contributed by atoms with Gasteiger partial charge in [0.1, 0.15) is 5.82 Å². The fourth-order valence-electron chi connectivity index (χ4n) is 1.36. The van der Waals surface area contributed by atoms with E-state index < -0.39 is 0 Å². The van der Waals surface area contributed by atoms with Gasteiger partial charge in [-0.25, -0.2) is 4.98 Å². The molecule has 0 unspecified atom stereocenters. The minimum Gasteiger partial charge on any atom is -0.437 e. The lowest BCUT2D eigenvalue weighted by Crippen LogP contribution is -1.95. The maximum Gasteiger partial charge on any atom is 0.222 e. The van der Waals surface area contributed by atoms with Gasteiger partial charge < -0.3 is 10.5 Å². The molecule has 4 nitrogen and oxygen atoms in total. The predicted octanol–water partition coefficient (Wildman–Crippen LogP) is 2.47. The van der Waals surface area contributed by atoms with Crippen LogP contribution in [0.4, 0.5) is 5.69 Å². The molecule has 82 valence electrons. The van der Waals surface area contributed by atoms with Crippen LogP contribution >= 0.6 is 0 Å². The molecule has 0 atom stereocenters. The zero-order chi connectivity index (χ0) is 11.5. The Balaban J connectivity index is 2.27. The molecule has 0 saturated carbocycles. The lowest BCUT2D eigenvalue weighted by Gasteiger charge is -2.08. The topological polar surface area (TPSA) is 61.0 Å². The average Bonchev–Trinajstić information content (AvgIpc) is 2.22. The van der Waals surface area contributed by atoms with Crippen LogP contribution < -0.4 is 10.5 Å². The highest BCUT2D eigenvalue weighted by atomic mass is 16.5. The maximum absolute atomic E-state index is 5.84. The van der Waals surface area contributed by atoms with Gasteiger partial charge in [0.05, 0.1) is 5.69 Å². The van der Waals surface area contributed by atoms with Crippen LogP contribution in [0.15, 0.2) is 30.5 Å². The van der Waals surface area contributed by atoms with E-state index in [-0.39, 0.29) is 0 Å². The van der Waals surface area contributed by atoms with Crippen LogP contribution in [0.3, 0.4) is 0 Å². The zero-order valence-electron chi connectivity index (χ0n) is 9.27. The van der Waals surface area contributed by atoms with Crippen LogP contribution in [0.5, 0.6) is 11.6 Å². The maximum atomic E-state index is 5.84. The van der Waals surface area contributed by atoms with E-state index in [1.807, 2.05) is 32.0 Å². The Morgan fingerprint density at radius 1 is 1.19 bits per heavy atom. The largest absolute Gasteiger partial charge is 0.437 e. The van der Waals surface area contributed by atoms with Crippen molar-refractivity contribution in [3.63, 3.8) is 0 Å². The molecule has 1 heterocycles. The first kappa shape index (κ1) is 10.4. The summed E-state index contributed by atoms with van der Waals surface area (Å²) in [5.41, 5.74) is 7.55. The number of hydrogen-bond acceptors (Lipinski definition) is 4. The Hall–Kier alpha value is -2.10. The molecule has 0 fully saturated rings. The smallest absolute Gasteiger partial charge is 0.222 e. The highest BCUT2D eigenvalue weighted by Gasteiger charge is 2.03. The van der Waals surface area contributed by atoms with Crippen molar-refractivity contribution < 1.29 is 4.74 Å². The molecule has 0 aliphatic carbocycles. The second-order valence-electron chi connectivity index (χ2n) is 3.59. The fourth-order valence-corrected chi connectivity index (χ4v) is 1.36. The van der Waals surface area contributed by atoms with Gasteiger partial charge in [0.2, 0.25) is 5.88 Å². The molecule has 0 aliphatic heterocycles. The summed E-state index contributed by atoms with van der Waals surface area (Å²) in [6, 6.07) is 7.34. The van der Waals surface area contributed by atoms with Crippen molar-refractivity contribution in [1.29, 1.82) is 0 Å². The fraction of sp³-hybridized carbons (Fsp3) is 0.167. The van der Waals surface area contributed by atoms with Crippen LogP contribution in [0.25, 0.3) is 0 Å². The number of nitrogens with zero attached hydrogens (tertiary/aromatic N) is 2. The van der Waals surface area contributed by atoms with Gasteiger partial charge in [0, 0.05) is 12.3 Å². The molecule has 1 aromatic carbocycles. The second kappa shape index (κ2) is 4.18. The Bertz CT molecular complexity index is 511. The van der Waals surface area contributed by atoms with Gasteiger partial charge >= 0.3 is 0 Å². The van der Waals surface area contributed by atoms with Gasteiger partial charge in [0.15, 0.2) is 5.75 Å². The first-order valence-electron chi connectivity index (χ1n) is 4.99. The number of anilines is 1. The third kappa shape index (κ3) is 2.28. The van der Waals surface area contributed by atoms with Crippen molar-refractivity contribution in [3.8, 4) is 11.6 Å². The van der Waals surface area contributed by atoms with Crippen LogP contribution in [-0.2, 0) is 0 Å². The lowest BCUT2D eigenvalue weighted by atomic mass is 10.2. The summed E-state index contributed by atoms with van der Waals surface area (Å²) in [5, 5.41) is 0. The molecule has 0 spiro atoms. The van der Waals surface area contributed by atoms with Gasteiger partial charge in [-0.1, -0.05) is 6.07 Å².